The molecule has 0 saturated carbocycles. The number of rotatable bonds is 6. The highest BCUT2D eigenvalue weighted by atomic mass is 16.5. The number of nitrogens with one attached hydrogen (secondary N) is 1. The van der Waals surface area contributed by atoms with Gasteiger partial charge in [0.15, 0.2) is 0 Å². The van der Waals surface area contributed by atoms with Crippen molar-refractivity contribution in [1.29, 1.82) is 5.26 Å². The summed E-state index contributed by atoms with van der Waals surface area (Å²) in [5.41, 5.74) is 0.322. The zero-order chi connectivity index (χ0) is 22.6. The fourth-order valence-corrected chi connectivity index (χ4v) is 3.73. The Morgan fingerprint density at radius 3 is 2.71 bits per heavy atom. The van der Waals surface area contributed by atoms with Gasteiger partial charge in [-0.05, 0) is 45.2 Å². The van der Waals surface area contributed by atoms with Gasteiger partial charge in [-0.2, -0.15) is 5.26 Å². The highest BCUT2D eigenvalue weighted by molar-refractivity contribution is 5.42. The van der Waals surface area contributed by atoms with Crippen LogP contribution < -0.4 is 21.5 Å². The minimum Gasteiger partial charge on any atom is -0.361 e. The molecule has 1 saturated heterocycles. The average molecular weight is 426 g/mol. The molecular formula is C23H31N5O3. The van der Waals surface area contributed by atoms with Crippen molar-refractivity contribution in [2.24, 2.45) is 7.05 Å². The molecule has 1 aromatic carbocycles. The van der Waals surface area contributed by atoms with Gasteiger partial charge in [0.25, 0.3) is 5.56 Å². The van der Waals surface area contributed by atoms with Gasteiger partial charge in [0.05, 0.1) is 30.5 Å². The van der Waals surface area contributed by atoms with E-state index in [9.17, 15) is 14.9 Å². The maximum atomic E-state index is 13.0. The first-order valence-electron chi connectivity index (χ1n) is 10.6. The van der Waals surface area contributed by atoms with Gasteiger partial charge in [-0.1, -0.05) is 18.2 Å². The second-order valence-electron chi connectivity index (χ2n) is 8.93. The van der Waals surface area contributed by atoms with Gasteiger partial charge in [0.2, 0.25) is 0 Å². The third-order valence-electron chi connectivity index (χ3n) is 5.47. The van der Waals surface area contributed by atoms with E-state index < -0.39 is 0 Å². The van der Waals surface area contributed by atoms with E-state index in [1.807, 2.05) is 32.9 Å². The van der Waals surface area contributed by atoms with E-state index in [-0.39, 0.29) is 29.4 Å². The number of piperidine rings is 1. The minimum atomic E-state index is -0.388. The Morgan fingerprint density at radius 1 is 1.26 bits per heavy atom. The van der Waals surface area contributed by atoms with Crippen molar-refractivity contribution in [3.8, 4) is 6.07 Å². The van der Waals surface area contributed by atoms with Crippen LogP contribution in [0.4, 0.5) is 5.82 Å². The Morgan fingerprint density at radius 2 is 2.00 bits per heavy atom. The quantitative estimate of drug-likeness (QED) is 0.710. The molecule has 0 bridgehead atoms. The van der Waals surface area contributed by atoms with Gasteiger partial charge in [-0.3, -0.25) is 19.2 Å². The molecule has 1 aliphatic rings. The average Bonchev–Trinajstić information content (AvgIpc) is 2.73. The van der Waals surface area contributed by atoms with Crippen molar-refractivity contribution in [1.82, 2.24) is 14.5 Å². The predicted molar refractivity (Wildman–Crippen MR) is 120 cm³/mol. The maximum Gasteiger partial charge on any atom is 0.332 e. The minimum absolute atomic E-state index is 0.190. The maximum absolute atomic E-state index is 13.0. The third-order valence-corrected chi connectivity index (χ3v) is 5.47. The standard InChI is InChI=1S/C23H31N5O3/c1-23(2,3)31-16-25-19-10-7-11-27(15-19)20-12-21(29)26(4)22(30)28(20)14-18-9-6-5-8-17(18)13-24/h5-6,8-9,12,19,25H,7,10-11,14-16H2,1-4H3/t19-/m1/s1. The molecule has 1 aromatic heterocycles. The number of ether oxygens (including phenoxy) is 1. The molecule has 0 amide bonds. The summed E-state index contributed by atoms with van der Waals surface area (Å²) in [5.74, 6) is 0.587. The highest BCUT2D eigenvalue weighted by Crippen LogP contribution is 2.20. The van der Waals surface area contributed by atoms with E-state index in [1.165, 1.54) is 13.1 Å². The summed E-state index contributed by atoms with van der Waals surface area (Å²) in [7, 11) is 1.48. The molecule has 2 heterocycles. The summed E-state index contributed by atoms with van der Waals surface area (Å²) in [6.07, 6.45) is 1.93. The number of aromatic nitrogens is 2. The van der Waals surface area contributed by atoms with Crippen molar-refractivity contribution in [3.05, 3.63) is 62.3 Å². The molecular weight excluding hydrogens is 394 g/mol. The van der Waals surface area contributed by atoms with Crippen molar-refractivity contribution in [3.63, 3.8) is 0 Å². The van der Waals surface area contributed by atoms with Crippen LogP contribution >= 0.6 is 0 Å². The number of hydrogen-bond acceptors (Lipinski definition) is 6. The number of nitrogens with zero attached hydrogens (tertiary/aromatic N) is 4. The molecule has 1 aliphatic heterocycles. The van der Waals surface area contributed by atoms with Crippen LogP contribution in [0.1, 0.15) is 44.7 Å². The van der Waals surface area contributed by atoms with Crippen LogP contribution in [0.15, 0.2) is 39.9 Å². The zero-order valence-electron chi connectivity index (χ0n) is 18.7. The van der Waals surface area contributed by atoms with Gasteiger partial charge < -0.3 is 9.64 Å². The molecule has 0 aliphatic carbocycles. The Bertz CT molecular complexity index is 1070. The van der Waals surface area contributed by atoms with Crippen molar-refractivity contribution in [2.75, 3.05) is 24.7 Å². The first-order valence-corrected chi connectivity index (χ1v) is 10.6. The number of anilines is 1. The SMILES string of the molecule is Cn1c(=O)cc(N2CCC[C@@H](NCOC(C)(C)C)C2)n(Cc2ccccc2C#N)c1=O. The summed E-state index contributed by atoms with van der Waals surface area (Å²) in [6, 6.07) is 11.1. The van der Waals surface area contributed by atoms with Crippen LogP contribution in [0.3, 0.4) is 0 Å². The van der Waals surface area contributed by atoms with Crippen molar-refractivity contribution in [2.45, 2.75) is 51.8 Å². The van der Waals surface area contributed by atoms with Gasteiger partial charge >= 0.3 is 5.69 Å². The molecule has 8 nitrogen and oxygen atoms in total. The van der Waals surface area contributed by atoms with Gasteiger partial charge in [0.1, 0.15) is 5.82 Å². The number of hydrogen-bond donors (Lipinski definition) is 1. The molecule has 8 heteroatoms. The Kier molecular flexibility index (Phi) is 6.98. The van der Waals surface area contributed by atoms with Crippen LogP contribution in [0.5, 0.6) is 0 Å². The first-order chi connectivity index (χ1) is 14.7. The summed E-state index contributed by atoms with van der Waals surface area (Å²) in [4.78, 5) is 27.5. The lowest BCUT2D eigenvalue weighted by molar-refractivity contribution is -0.0176. The van der Waals surface area contributed by atoms with Crippen molar-refractivity contribution >= 4 is 5.82 Å². The molecule has 166 valence electrons. The highest BCUT2D eigenvalue weighted by Gasteiger charge is 2.24. The van der Waals surface area contributed by atoms with Crippen molar-refractivity contribution < 1.29 is 4.74 Å². The monoisotopic (exact) mass is 425 g/mol. The van der Waals surface area contributed by atoms with Crippen LogP contribution in [0.2, 0.25) is 0 Å². The van der Waals surface area contributed by atoms with E-state index in [1.54, 1.807) is 16.7 Å². The Balaban J connectivity index is 1.89. The van der Waals surface area contributed by atoms with E-state index in [0.717, 1.165) is 29.5 Å². The van der Waals surface area contributed by atoms with Gasteiger partial charge in [0, 0.05) is 32.2 Å². The number of nitriles is 1. The molecule has 0 unspecified atom stereocenters. The predicted octanol–water partition coefficient (Wildman–Crippen LogP) is 1.80. The molecule has 1 fully saturated rings. The van der Waals surface area contributed by atoms with E-state index in [4.69, 9.17) is 4.74 Å². The third kappa shape index (κ3) is 5.63. The molecule has 0 spiro atoms. The lowest BCUT2D eigenvalue weighted by atomic mass is 10.1. The molecule has 1 N–H and O–H groups in total. The summed E-state index contributed by atoms with van der Waals surface area (Å²) in [5, 5.41) is 12.9. The molecule has 2 aromatic rings. The van der Waals surface area contributed by atoms with Gasteiger partial charge in [-0.25, -0.2) is 4.79 Å². The second kappa shape index (κ2) is 9.50. The zero-order valence-corrected chi connectivity index (χ0v) is 18.7. The van der Waals surface area contributed by atoms with E-state index in [2.05, 4.69) is 16.3 Å². The summed E-state index contributed by atoms with van der Waals surface area (Å²) >= 11 is 0. The van der Waals surface area contributed by atoms with Crippen LogP contribution in [-0.4, -0.2) is 40.6 Å². The van der Waals surface area contributed by atoms with E-state index in [0.29, 0.717) is 24.7 Å². The summed E-state index contributed by atoms with van der Waals surface area (Å²) < 4.78 is 8.48. The molecule has 3 rings (SSSR count). The molecule has 1 atom stereocenters. The first kappa shape index (κ1) is 22.8. The lowest BCUT2D eigenvalue weighted by Gasteiger charge is -2.36. The topological polar surface area (TPSA) is 92.3 Å². The molecule has 0 radical (unpaired) electrons. The Labute approximate surface area is 182 Å². The Hall–Kier alpha value is -2.89. The summed E-state index contributed by atoms with van der Waals surface area (Å²) in [6.45, 7) is 8.14. The number of benzene rings is 1. The second-order valence-corrected chi connectivity index (χ2v) is 8.93. The van der Waals surface area contributed by atoms with Crippen LogP contribution in [0, 0.1) is 11.3 Å². The fraction of sp³-hybridized carbons (Fsp3) is 0.522. The van der Waals surface area contributed by atoms with Gasteiger partial charge in [-0.15, -0.1) is 0 Å². The lowest BCUT2D eigenvalue weighted by Crippen LogP contribution is -2.50. The van der Waals surface area contributed by atoms with E-state index >= 15 is 0 Å². The fourth-order valence-electron chi connectivity index (χ4n) is 3.73. The molecule has 31 heavy (non-hydrogen) atoms. The normalized spacial score (nSPS) is 16.9. The largest absolute Gasteiger partial charge is 0.361 e. The smallest absolute Gasteiger partial charge is 0.332 e. The van der Waals surface area contributed by atoms with Crippen LogP contribution in [-0.2, 0) is 18.3 Å². The van der Waals surface area contributed by atoms with Crippen LogP contribution in [0.25, 0.3) is 0 Å².